The summed E-state index contributed by atoms with van der Waals surface area (Å²) in [4.78, 5) is 4.22. The number of thiazole rings is 1. The van der Waals surface area contributed by atoms with E-state index in [4.69, 9.17) is 0 Å². The largest absolute Gasteiger partial charge is 0.508 e. The first-order chi connectivity index (χ1) is 11.0. The second-order valence-corrected chi connectivity index (χ2v) is 7.55. The molecule has 4 heteroatoms. The predicted octanol–water partition coefficient (Wildman–Crippen LogP) is 5.62. The second-order valence-electron chi connectivity index (χ2n) is 6.84. The maximum absolute atomic E-state index is 10.2. The van der Waals surface area contributed by atoms with Crippen molar-refractivity contribution in [2.24, 2.45) is 11.8 Å². The second kappa shape index (κ2) is 8.34. The van der Waals surface area contributed by atoms with Crippen LogP contribution in [0.4, 0.5) is 0 Å². The average Bonchev–Trinajstić information content (AvgIpc) is 3.00. The molecule has 1 atom stereocenters. The number of hydrogen-bond acceptors (Lipinski definition) is 4. The molecule has 2 aromatic rings. The number of phenolic OH excluding ortho intramolecular Hbond substituents is 2. The van der Waals surface area contributed by atoms with Crippen molar-refractivity contribution in [2.45, 2.75) is 52.9 Å². The predicted molar refractivity (Wildman–Crippen MR) is 97.1 cm³/mol. The molecule has 1 unspecified atom stereocenters. The van der Waals surface area contributed by atoms with Gasteiger partial charge in [0.2, 0.25) is 0 Å². The van der Waals surface area contributed by atoms with Crippen molar-refractivity contribution >= 4 is 11.3 Å². The number of aromatic hydroxyl groups is 2. The molecule has 0 saturated heterocycles. The molecule has 1 aromatic heterocycles. The van der Waals surface area contributed by atoms with Crippen molar-refractivity contribution in [2.75, 3.05) is 0 Å². The fourth-order valence-corrected chi connectivity index (χ4v) is 3.37. The van der Waals surface area contributed by atoms with E-state index in [1.165, 1.54) is 30.6 Å². The van der Waals surface area contributed by atoms with Gasteiger partial charge in [-0.1, -0.05) is 40.0 Å². The lowest BCUT2D eigenvalue weighted by molar-refractivity contribution is 0.414. The van der Waals surface area contributed by atoms with Crippen LogP contribution in [-0.4, -0.2) is 15.2 Å². The topological polar surface area (TPSA) is 53.4 Å². The van der Waals surface area contributed by atoms with E-state index < -0.39 is 0 Å². The number of phenols is 2. The van der Waals surface area contributed by atoms with Crippen LogP contribution in [0, 0.1) is 11.8 Å². The molecule has 1 heterocycles. The Morgan fingerprint density at radius 3 is 2.30 bits per heavy atom. The van der Waals surface area contributed by atoms with Gasteiger partial charge in [0.05, 0.1) is 11.2 Å². The van der Waals surface area contributed by atoms with E-state index in [9.17, 15) is 10.2 Å². The zero-order valence-electron chi connectivity index (χ0n) is 14.2. The molecule has 2 N–H and O–H groups in total. The maximum Gasteiger partial charge on any atom is 0.123 e. The summed E-state index contributed by atoms with van der Waals surface area (Å²) in [6.07, 6.45) is 5.41. The SMILES string of the molecule is CC(C)CCCC(C)CCc1c(O)cc(-c2cscn2)cc1O. The van der Waals surface area contributed by atoms with Crippen molar-refractivity contribution in [3.63, 3.8) is 0 Å². The summed E-state index contributed by atoms with van der Waals surface area (Å²) >= 11 is 1.50. The Kier molecular flexibility index (Phi) is 6.46. The standard InChI is InChI=1S/C19H27NO2S/c1-13(2)5-4-6-14(3)7-8-16-18(21)9-15(10-19(16)22)17-11-23-12-20-17/h9-14,21-22H,4-8H2,1-3H3. The highest BCUT2D eigenvalue weighted by Gasteiger charge is 2.13. The van der Waals surface area contributed by atoms with E-state index in [2.05, 4.69) is 25.8 Å². The van der Waals surface area contributed by atoms with Gasteiger partial charge < -0.3 is 10.2 Å². The molecule has 0 amide bonds. The highest BCUT2D eigenvalue weighted by molar-refractivity contribution is 7.07. The molecule has 2 rings (SSSR count). The van der Waals surface area contributed by atoms with Crippen molar-refractivity contribution in [1.29, 1.82) is 0 Å². The van der Waals surface area contributed by atoms with Gasteiger partial charge in [-0.15, -0.1) is 11.3 Å². The van der Waals surface area contributed by atoms with Gasteiger partial charge in [0, 0.05) is 16.5 Å². The van der Waals surface area contributed by atoms with Gasteiger partial charge in [-0.25, -0.2) is 4.98 Å². The minimum absolute atomic E-state index is 0.169. The molecule has 0 aliphatic rings. The molecule has 1 aromatic carbocycles. The number of benzene rings is 1. The van der Waals surface area contributed by atoms with E-state index in [-0.39, 0.29) is 11.5 Å². The van der Waals surface area contributed by atoms with Crippen molar-refractivity contribution in [3.05, 3.63) is 28.6 Å². The minimum Gasteiger partial charge on any atom is -0.508 e. The lowest BCUT2D eigenvalue weighted by Crippen LogP contribution is -2.00. The third kappa shape index (κ3) is 5.24. The Labute approximate surface area is 143 Å². The molecule has 0 radical (unpaired) electrons. The van der Waals surface area contributed by atoms with Gasteiger partial charge >= 0.3 is 0 Å². The van der Waals surface area contributed by atoms with E-state index in [0.717, 1.165) is 23.6 Å². The van der Waals surface area contributed by atoms with E-state index in [1.54, 1.807) is 17.6 Å². The Balaban J connectivity index is 1.95. The summed E-state index contributed by atoms with van der Waals surface area (Å²) in [5, 5.41) is 22.4. The monoisotopic (exact) mass is 333 g/mol. The van der Waals surface area contributed by atoms with Crippen molar-refractivity contribution < 1.29 is 10.2 Å². The zero-order valence-corrected chi connectivity index (χ0v) is 15.1. The van der Waals surface area contributed by atoms with Crippen LogP contribution in [0.5, 0.6) is 11.5 Å². The lowest BCUT2D eigenvalue weighted by Gasteiger charge is -2.14. The lowest BCUT2D eigenvalue weighted by atomic mass is 9.93. The number of aromatic nitrogens is 1. The Hall–Kier alpha value is -1.55. The van der Waals surface area contributed by atoms with Crippen LogP contribution >= 0.6 is 11.3 Å². The maximum atomic E-state index is 10.2. The molecule has 0 aliphatic carbocycles. The van der Waals surface area contributed by atoms with Crippen LogP contribution in [0.2, 0.25) is 0 Å². The van der Waals surface area contributed by atoms with E-state index in [0.29, 0.717) is 17.9 Å². The van der Waals surface area contributed by atoms with Crippen LogP contribution < -0.4 is 0 Å². The van der Waals surface area contributed by atoms with Gasteiger partial charge in [-0.2, -0.15) is 0 Å². The first-order valence-electron chi connectivity index (χ1n) is 8.40. The summed E-state index contributed by atoms with van der Waals surface area (Å²) in [5.41, 5.74) is 3.94. The molecule has 0 fully saturated rings. The molecular weight excluding hydrogens is 306 g/mol. The third-order valence-corrected chi connectivity index (χ3v) is 4.88. The van der Waals surface area contributed by atoms with Gasteiger partial charge in [0.25, 0.3) is 0 Å². The van der Waals surface area contributed by atoms with E-state index in [1.807, 2.05) is 5.38 Å². The molecule has 0 bridgehead atoms. The Morgan fingerprint density at radius 2 is 1.74 bits per heavy atom. The molecule has 23 heavy (non-hydrogen) atoms. The summed E-state index contributed by atoms with van der Waals surface area (Å²) in [5.74, 6) is 1.70. The van der Waals surface area contributed by atoms with Crippen LogP contribution in [-0.2, 0) is 6.42 Å². The summed E-state index contributed by atoms with van der Waals surface area (Å²) in [6.45, 7) is 6.76. The Morgan fingerprint density at radius 1 is 1.04 bits per heavy atom. The Bertz CT molecular complexity index is 585. The molecule has 0 spiro atoms. The number of rotatable bonds is 8. The third-order valence-electron chi connectivity index (χ3n) is 4.30. The van der Waals surface area contributed by atoms with Gasteiger partial charge in [0.1, 0.15) is 11.5 Å². The van der Waals surface area contributed by atoms with Gasteiger partial charge in [-0.3, -0.25) is 0 Å². The smallest absolute Gasteiger partial charge is 0.123 e. The summed E-state index contributed by atoms with van der Waals surface area (Å²) < 4.78 is 0. The average molecular weight is 333 g/mol. The summed E-state index contributed by atoms with van der Waals surface area (Å²) in [6, 6.07) is 3.40. The van der Waals surface area contributed by atoms with Gasteiger partial charge in [-0.05, 0) is 36.8 Å². The zero-order chi connectivity index (χ0) is 16.8. The highest BCUT2D eigenvalue weighted by atomic mass is 32.1. The molecule has 3 nitrogen and oxygen atoms in total. The molecule has 0 saturated carbocycles. The van der Waals surface area contributed by atoms with Crippen LogP contribution in [0.1, 0.15) is 52.0 Å². The molecule has 126 valence electrons. The molecular formula is C19H27NO2S. The van der Waals surface area contributed by atoms with E-state index >= 15 is 0 Å². The fraction of sp³-hybridized carbons (Fsp3) is 0.526. The van der Waals surface area contributed by atoms with Crippen LogP contribution in [0.15, 0.2) is 23.0 Å². The van der Waals surface area contributed by atoms with Crippen molar-refractivity contribution in [3.8, 4) is 22.8 Å². The van der Waals surface area contributed by atoms with Gasteiger partial charge in [0.15, 0.2) is 0 Å². The number of hydrogen-bond donors (Lipinski definition) is 2. The minimum atomic E-state index is 0.169. The summed E-state index contributed by atoms with van der Waals surface area (Å²) in [7, 11) is 0. The number of nitrogens with zero attached hydrogens (tertiary/aromatic N) is 1. The quantitative estimate of drug-likeness (QED) is 0.659. The fourth-order valence-electron chi connectivity index (χ4n) is 2.81. The first-order valence-corrected chi connectivity index (χ1v) is 9.35. The van der Waals surface area contributed by atoms with Crippen molar-refractivity contribution in [1.82, 2.24) is 4.98 Å². The first kappa shape index (κ1) is 17.8. The van der Waals surface area contributed by atoms with Crippen LogP contribution in [0.3, 0.4) is 0 Å². The van der Waals surface area contributed by atoms with Crippen LogP contribution in [0.25, 0.3) is 11.3 Å². The normalized spacial score (nSPS) is 12.7. The highest BCUT2D eigenvalue weighted by Crippen LogP contribution is 2.35. The molecule has 0 aliphatic heterocycles.